The summed E-state index contributed by atoms with van der Waals surface area (Å²) in [6, 6.07) is 0. The van der Waals surface area contributed by atoms with Gasteiger partial charge >= 0.3 is 0 Å². The van der Waals surface area contributed by atoms with Crippen molar-refractivity contribution < 1.29 is 4.79 Å². The maximum atomic E-state index is 12.0. The second-order valence-corrected chi connectivity index (χ2v) is 8.67. The van der Waals surface area contributed by atoms with Gasteiger partial charge in [0.05, 0.1) is 15.5 Å². The average Bonchev–Trinajstić information content (AvgIpc) is 2.34. The molecule has 0 radical (unpaired) electrons. The summed E-state index contributed by atoms with van der Waals surface area (Å²) in [4.78, 5) is 14.0. The van der Waals surface area contributed by atoms with E-state index in [9.17, 15) is 4.79 Å². The van der Waals surface area contributed by atoms with Crippen molar-refractivity contribution in [2.45, 2.75) is 54.9 Å². The monoisotopic (exact) mass is 231 g/mol. The summed E-state index contributed by atoms with van der Waals surface area (Å²) in [6.45, 7) is 10.8. The van der Waals surface area contributed by atoms with E-state index in [1.807, 2.05) is 30.4 Å². The first kappa shape index (κ1) is 10.7. The first-order valence-electron chi connectivity index (χ1n) is 4.94. The molecule has 2 nitrogen and oxygen atoms in total. The lowest BCUT2D eigenvalue weighted by molar-refractivity contribution is -0.131. The zero-order valence-electron chi connectivity index (χ0n) is 9.33. The Kier molecular flexibility index (Phi) is 2.17. The fraction of sp³-hybridized carbons (Fsp3) is 0.900. The summed E-state index contributed by atoms with van der Waals surface area (Å²) in [6.07, 6.45) is 0. The van der Waals surface area contributed by atoms with Crippen LogP contribution >= 0.6 is 23.5 Å². The molecule has 2 fully saturated rings. The highest BCUT2D eigenvalue weighted by molar-refractivity contribution is 8.06. The lowest BCUT2D eigenvalue weighted by atomic mass is 10.1. The van der Waals surface area contributed by atoms with Crippen molar-refractivity contribution in [1.82, 2.24) is 4.90 Å². The van der Waals surface area contributed by atoms with Crippen LogP contribution in [0.15, 0.2) is 0 Å². The molecule has 0 N–H and O–H groups in total. The molecule has 0 spiro atoms. The molecule has 0 aromatic heterocycles. The highest BCUT2D eigenvalue weighted by Crippen LogP contribution is 2.58. The predicted octanol–water partition coefficient (Wildman–Crippen LogP) is 2.54. The van der Waals surface area contributed by atoms with Gasteiger partial charge in [0.2, 0.25) is 5.91 Å². The van der Waals surface area contributed by atoms with Crippen LogP contribution < -0.4 is 0 Å². The Balaban J connectivity index is 2.39. The van der Waals surface area contributed by atoms with Gasteiger partial charge in [-0.1, -0.05) is 0 Å². The summed E-state index contributed by atoms with van der Waals surface area (Å²) >= 11 is 3.72. The lowest BCUT2D eigenvalue weighted by Crippen LogP contribution is -2.43. The quantitative estimate of drug-likeness (QED) is 0.639. The normalized spacial score (nSPS) is 38.9. The molecular weight excluding hydrogens is 214 g/mol. The van der Waals surface area contributed by atoms with Gasteiger partial charge in [0.25, 0.3) is 0 Å². The molecule has 0 saturated carbocycles. The van der Waals surface area contributed by atoms with E-state index in [0.29, 0.717) is 11.3 Å². The Hall–Kier alpha value is 0.170. The largest absolute Gasteiger partial charge is 0.314 e. The number of carbonyl (C=O) groups is 1. The van der Waals surface area contributed by atoms with E-state index in [1.54, 1.807) is 0 Å². The van der Waals surface area contributed by atoms with Crippen LogP contribution in [-0.2, 0) is 4.79 Å². The number of amides is 1. The fourth-order valence-corrected chi connectivity index (χ4v) is 5.99. The van der Waals surface area contributed by atoms with Crippen molar-refractivity contribution in [2.24, 2.45) is 0 Å². The summed E-state index contributed by atoms with van der Waals surface area (Å²) in [5.41, 5.74) is 0. The van der Waals surface area contributed by atoms with Gasteiger partial charge in [-0.25, -0.2) is 0 Å². The molecule has 0 aromatic carbocycles. The summed E-state index contributed by atoms with van der Waals surface area (Å²) < 4.78 is 0.175. The van der Waals surface area contributed by atoms with E-state index in [4.69, 9.17) is 0 Å². The maximum Gasteiger partial charge on any atom is 0.237 e. The second-order valence-electron chi connectivity index (χ2n) is 4.99. The minimum absolute atomic E-state index is 0.0387. The van der Waals surface area contributed by atoms with Gasteiger partial charge in [-0.3, -0.25) is 4.79 Å². The van der Waals surface area contributed by atoms with E-state index in [1.165, 1.54) is 0 Å². The van der Waals surface area contributed by atoms with Crippen molar-refractivity contribution in [2.75, 3.05) is 0 Å². The summed E-state index contributed by atoms with van der Waals surface area (Å²) in [7, 11) is 0. The van der Waals surface area contributed by atoms with Crippen molar-refractivity contribution >= 4 is 29.4 Å². The number of hydrogen-bond acceptors (Lipinski definition) is 3. The van der Waals surface area contributed by atoms with Gasteiger partial charge in [0.1, 0.15) is 0 Å². The Bertz CT molecular complexity index is 288. The van der Waals surface area contributed by atoms with Crippen LogP contribution in [0.25, 0.3) is 0 Å². The molecule has 80 valence electrons. The zero-order chi connectivity index (χ0) is 10.7. The minimum atomic E-state index is -0.0387. The molecule has 0 bridgehead atoms. The molecule has 2 saturated heterocycles. The molecule has 14 heavy (non-hydrogen) atoms. The summed E-state index contributed by atoms with van der Waals surface area (Å²) in [5, 5.41) is 0.490. The second kappa shape index (κ2) is 2.85. The van der Waals surface area contributed by atoms with Gasteiger partial charge in [-0.05, 0) is 34.6 Å². The number of nitrogens with zero attached hydrogens (tertiary/aromatic N) is 1. The zero-order valence-corrected chi connectivity index (χ0v) is 11.0. The number of hydrogen-bond donors (Lipinski definition) is 0. The van der Waals surface area contributed by atoms with Gasteiger partial charge in [0, 0.05) is 4.75 Å². The lowest BCUT2D eigenvalue weighted by Gasteiger charge is -2.29. The predicted molar refractivity (Wildman–Crippen MR) is 63.4 cm³/mol. The van der Waals surface area contributed by atoms with Gasteiger partial charge in [-0.15, -0.1) is 23.5 Å². The van der Waals surface area contributed by atoms with Gasteiger partial charge in [-0.2, -0.15) is 0 Å². The van der Waals surface area contributed by atoms with Crippen LogP contribution in [0.5, 0.6) is 0 Å². The third-order valence-electron chi connectivity index (χ3n) is 2.84. The van der Waals surface area contributed by atoms with Crippen LogP contribution in [0.1, 0.15) is 34.6 Å². The van der Waals surface area contributed by atoms with E-state index in [-0.39, 0.29) is 14.9 Å². The van der Waals surface area contributed by atoms with Crippen molar-refractivity contribution in [1.29, 1.82) is 0 Å². The van der Waals surface area contributed by atoms with E-state index in [2.05, 4.69) is 32.6 Å². The standard InChI is InChI=1S/C10H17NOS2/c1-6-7(12)11-8(13-6)9(2,3)14-10(11,4)5/h6,8H,1-5H3/t6-,8+/m1/s1. The Morgan fingerprint density at radius 2 is 1.86 bits per heavy atom. The molecule has 2 rings (SSSR count). The molecule has 1 amide bonds. The number of thioether (sulfide) groups is 2. The van der Waals surface area contributed by atoms with Crippen LogP contribution in [0, 0.1) is 0 Å². The topological polar surface area (TPSA) is 20.3 Å². The van der Waals surface area contributed by atoms with Crippen LogP contribution in [-0.4, -0.2) is 31.0 Å². The summed E-state index contributed by atoms with van der Waals surface area (Å²) in [5.74, 6) is 0.308. The molecule has 4 heteroatoms. The Morgan fingerprint density at radius 3 is 2.36 bits per heavy atom. The average molecular weight is 231 g/mol. The third-order valence-corrected chi connectivity index (χ3v) is 6.10. The molecule has 2 aliphatic rings. The number of fused-ring (bicyclic) bond motifs is 1. The van der Waals surface area contributed by atoms with Crippen molar-refractivity contribution in [3.8, 4) is 0 Å². The van der Waals surface area contributed by atoms with Crippen LogP contribution in [0.4, 0.5) is 0 Å². The van der Waals surface area contributed by atoms with E-state index in [0.717, 1.165) is 0 Å². The molecule has 2 atom stereocenters. The molecule has 0 aromatic rings. The van der Waals surface area contributed by atoms with E-state index < -0.39 is 0 Å². The highest BCUT2D eigenvalue weighted by atomic mass is 32.2. The van der Waals surface area contributed by atoms with Crippen molar-refractivity contribution in [3.05, 3.63) is 0 Å². The highest BCUT2D eigenvalue weighted by Gasteiger charge is 2.58. The smallest absolute Gasteiger partial charge is 0.237 e. The maximum absolute atomic E-state index is 12.0. The molecule has 0 unspecified atom stereocenters. The fourth-order valence-electron chi connectivity index (χ4n) is 2.39. The molecule has 2 aliphatic heterocycles. The van der Waals surface area contributed by atoms with E-state index >= 15 is 0 Å². The number of rotatable bonds is 0. The molecule has 2 heterocycles. The van der Waals surface area contributed by atoms with Crippen LogP contribution in [0.3, 0.4) is 0 Å². The first-order chi connectivity index (χ1) is 6.26. The SMILES string of the molecule is C[C@H]1S[C@@H]2N(C1=O)C(C)(C)SC2(C)C. The van der Waals surface area contributed by atoms with Gasteiger partial charge < -0.3 is 4.90 Å². The third kappa shape index (κ3) is 1.30. The molecular formula is C10H17NOS2. The number of carbonyl (C=O) groups excluding carboxylic acids is 1. The molecule has 0 aliphatic carbocycles. The minimum Gasteiger partial charge on any atom is -0.314 e. The Morgan fingerprint density at radius 1 is 1.29 bits per heavy atom. The Labute approximate surface area is 94.2 Å². The van der Waals surface area contributed by atoms with Crippen molar-refractivity contribution in [3.63, 3.8) is 0 Å². The van der Waals surface area contributed by atoms with Crippen LogP contribution in [0.2, 0.25) is 0 Å². The first-order valence-corrected chi connectivity index (χ1v) is 6.70. The van der Waals surface area contributed by atoms with Gasteiger partial charge in [0.15, 0.2) is 0 Å².